The first-order valence-electron chi connectivity index (χ1n) is 2.84. The van der Waals surface area contributed by atoms with Gasteiger partial charge in [-0.2, -0.15) is 11.8 Å². The molecule has 0 spiro atoms. The summed E-state index contributed by atoms with van der Waals surface area (Å²) in [5.74, 6) is 0.534. The van der Waals surface area contributed by atoms with Crippen LogP contribution < -0.4 is 0 Å². The molecule has 1 saturated heterocycles. The summed E-state index contributed by atoms with van der Waals surface area (Å²) in [6.07, 6.45) is -1.38. The number of aliphatic hydroxyl groups is 3. The SMILES string of the molecule is OC[C@H]1SC[C@H](O)[C@@H]1O. The predicted octanol–water partition coefficient (Wildman–Crippen LogP) is -1.18. The summed E-state index contributed by atoms with van der Waals surface area (Å²) in [6.45, 7) is -0.0527. The van der Waals surface area contributed by atoms with Crippen LogP contribution in [-0.4, -0.2) is 45.1 Å². The number of thioether (sulfide) groups is 1. The average Bonchev–Trinajstić information content (AvgIpc) is 2.15. The summed E-state index contributed by atoms with van der Waals surface area (Å²) in [6, 6.07) is 0. The number of aliphatic hydroxyl groups excluding tert-OH is 3. The molecule has 3 nitrogen and oxygen atoms in total. The normalized spacial score (nSPS) is 43.7. The molecule has 54 valence electrons. The van der Waals surface area contributed by atoms with Gasteiger partial charge in [-0.1, -0.05) is 0 Å². The van der Waals surface area contributed by atoms with Gasteiger partial charge in [-0.05, 0) is 0 Å². The van der Waals surface area contributed by atoms with Crippen molar-refractivity contribution < 1.29 is 15.3 Å². The molecule has 0 amide bonds. The Morgan fingerprint density at radius 3 is 2.33 bits per heavy atom. The lowest BCUT2D eigenvalue weighted by Gasteiger charge is -2.11. The molecule has 0 aromatic heterocycles. The third-order valence-corrected chi connectivity index (χ3v) is 2.83. The van der Waals surface area contributed by atoms with E-state index < -0.39 is 12.2 Å². The Kier molecular flexibility index (Phi) is 2.35. The van der Waals surface area contributed by atoms with E-state index in [-0.39, 0.29) is 11.9 Å². The zero-order chi connectivity index (χ0) is 6.85. The van der Waals surface area contributed by atoms with Crippen molar-refractivity contribution in [3.05, 3.63) is 0 Å². The van der Waals surface area contributed by atoms with Gasteiger partial charge < -0.3 is 15.3 Å². The highest BCUT2D eigenvalue weighted by atomic mass is 32.2. The Labute approximate surface area is 57.7 Å². The molecule has 1 aliphatic rings. The van der Waals surface area contributed by atoms with Crippen LogP contribution in [0.15, 0.2) is 0 Å². The van der Waals surface area contributed by atoms with E-state index in [0.29, 0.717) is 5.75 Å². The molecule has 0 bridgehead atoms. The molecule has 0 unspecified atom stereocenters. The molecular formula is C5H10O3S. The molecule has 0 saturated carbocycles. The summed E-state index contributed by atoms with van der Waals surface area (Å²) in [5, 5.41) is 26.3. The molecule has 3 atom stereocenters. The minimum absolute atomic E-state index is 0.0527. The van der Waals surface area contributed by atoms with Crippen molar-refractivity contribution in [1.29, 1.82) is 0 Å². The zero-order valence-corrected chi connectivity index (χ0v) is 5.71. The Morgan fingerprint density at radius 1 is 1.44 bits per heavy atom. The van der Waals surface area contributed by atoms with Gasteiger partial charge in [0.1, 0.15) is 0 Å². The van der Waals surface area contributed by atoms with Gasteiger partial charge in [-0.25, -0.2) is 0 Å². The summed E-state index contributed by atoms with van der Waals surface area (Å²) >= 11 is 1.41. The maximum Gasteiger partial charge on any atom is 0.0947 e. The van der Waals surface area contributed by atoms with Gasteiger partial charge in [-0.15, -0.1) is 0 Å². The molecule has 9 heavy (non-hydrogen) atoms. The second-order valence-electron chi connectivity index (χ2n) is 2.11. The first-order chi connectivity index (χ1) is 4.25. The highest BCUT2D eigenvalue weighted by Crippen LogP contribution is 2.26. The van der Waals surface area contributed by atoms with E-state index in [1.54, 1.807) is 0 Å². The molecule has 0 aromatic carbocycles. The standard InChI is InChI=1S/C5H10O3S/c6-1-4-5(8)3(7)2-9-4/h3-8H,1-2H2/t3-,4+,5-/m0/s1. The smallest absolute Gasteiger partial charge is 0.0947 e. The fourth-order valence-corrected chi connectivity index (χ4v) is 1.95. The Morgan fingerprint density at radius 2 is 2.11 bits per heavy atom. The van der Waals surface area contributed by atoms with Crippen LogP contribution in [0.2, 0.25) is 0 Å². The second kappa shape index (κ2) is 2.88. The van der Waals surface area contributed by atoms with E-state index in [1.807, 2.05) is 0 Å². The largest absolute Gasteiger partial charge is 0.395 e. The molecule has 3 N–H and O–H groups in total. The van der Waals surface area contributed by atoms with Gasteiger partial charge in [0.15, 0.2) is 0 Å². The lowest BCUT2D eigenvalue weighted by Crippen LogP contribution is -2.30. The molecule has 0 aliphatic carbocycles. The summed E-state index contributed by atoms with van der Waals surface area (Å²) < 4.78 is 0. The van der Waals surface area contributed by atoms with Crippen molar-refractivity contribution >= 4 is 11.8 Å². The van der Waals surface area contributed by atoms with E-state index >= 15 is 0 Å². The van der Waals surface area contributed by atoms with Gasteiger partial charge in [0.25, 0.3) is 0 Å². The minimum atomic E-state index is -0.736. The van der Waals surface area contributed by atoms with Crippen LogP contribution in [0.5, 0.6) is 0 Å². The number of hydrogen-bond donors (Lipinski definition) is 3. The van der Waals surface area contributed by atoms with Gasteiger partial charge in [-0.3, -0.25) is 0 Å². The average molecular weight is 150 g/mol. The topological polar surface area (TPSA) is 60.7 Å². The van der Waals surface area contributed by atoms with Crippen LogP contribution >= 0.6 is 11.8 Å². The van der Waals surface area contributed by atoms with Crippen LogP contribution in [0.25, 0.3) is 0 Å². The lowest BCUT2D eigenvalue weighted by atomic mass is 10.2. The molecule has 1 aliphatic heterocycles. The van der Waals surface area contributed by atoms with Crippen molar-refractivity contribution in [2.24, 2.45) is 0 Å². The van der Waals surface area contributed by atoms with E-state index in [0.717, 1.165) is 0 Å². The first kappa shape index (κ1) is 7.34. The molecular weight excluding hydrogens is 140 g/mol. The van der Waals surface area contributed by atoms with Crippen molar-refractivity contribution in [1.82, 2.24) is 0 Å². The minimum Gasteiger partial charge on any atom is -0.395 e. The highest BCUT2D eigenvalue weighted by Gasteiger charge is 2.33. The molecule has 0 aromatic rings. The van der Waals surface area contributed by atoms with E-state index in [9.17, 15) is 0 Å². The predicted molar refractivity (Wildman–Crippen MR) is 35.3 cm³/mol. The maximum absolute atomic E-state index is 9.03. The fourth-order valence-electron chi connectivity index (χ4n) is 0.828. The van der Waals surface area contributed by atoms with Crippen LogP contribution in [0.4, 0.5) is 0 Å². The summed E-state index contributed by atoms with van der Waals surface area (Å²) in [4.78, 5) is 0. The van der Waals surface area contributed by atoms with E-state index in [4.69, 9.17) is 15.3 Å². The summed E-state index contributed by atoms with van der Waals surface area (Å²) in [5.41, 5.74) is 0. The van der Waals surface area contributed by atoms with Crippen LogP contribution in [0, 0.1) is 0 Å². The fraction of sp³-hybridized carbons (Fsp3) is 1.00. The van der Waals surface area contributed by atoms with Gasteiger partial charge in [0.2, 0.25) is 0 Å². The quantitative estimate of drug-likeness (QED) is 0.440. The Bertz CT molecular complexity index is 98.2. The Balaban J connectivity index is 2.41. The van der Waals surface area contributed by atoms with E-state index in [2.05, 4.69) is 0 Å². The van der Waals surface area contributed by atoms with Crippen LogP contribution in [0.1, 0.15) is 0 Å². The number of hydrogen-bond acceptors (Lipinski definition) is 4. The van der Waals surface area contributed by atoms with E-state index in [1.165, 1.54) is 11.8 Å². The number of rotatable bonds is 1. The molecule has 1 fully saturated rings. The maximum atomic E-state index is 9.03. The summed E-state index contributed by atoms with van der Waals surface area (Å²) in [7, 11) is 0. The van der Waals surface area contributed by atoms with Crippen LogP contribution in [-0.2, 0) is 0 Å². The molecule has 1 heterocycles. The van der Waals surface area contributed by atoms with Crippen molar-refractivity contribution in [3.63, 3.8) is 0 Å². The second-order valence-corrected chi connectivity index (χ2v) is 3.38. The van der Waals surface area contributed by atoms with Crippen LogP contribution in [0.3, 0.4) is 0 Å². The van der Waals surface area contributed by atoms with Crippen molar-refractivity contribution in [2.75, 3.05) is 12.4 Å². The monoisotopic (exact) mass is 150 g/mol. The molecule has 4 heteroatoms. The van der Waals surface area contributed by atoms with Crippen molar-refractivity contribution in [3.8, 4) is 0 Å². The highest BCUT2D eigenvalue weighted by molar-refractivity contribution is 8.00. The molecule has 0 radical (unpaired) electrons. The van der Waals surface area contributed by atoms with Crippen molar-refractivity contribution in [2.45, 2.75) is 17.5 Å². The third kappa shape index (κ3) is 1.38. The third-order valence-electron chi connectivity index (χ3n) is 1.44. The van der Waals surface area contributed by atoms with Gasteiger partial charge in [0, 0.05) is 5.75 Å². The first-order valence-corrected chi connectivity index (χ1v) is 3.89. The Hall–Kier alpha value is 0.230. The molecule has 1 rings (SSSR count). The van der Waals surface area contributed by atoms with Gasteiger partial charge >= 0.3 is 0 Å². The lowest BCUT2D eigenvalue weighted by molar-refractivity contribution is 0.0326. The zero-order valence-electron chi connectivity index (χ0n) is 4.90. The van der Waals surface area contributed by atoms with Gasteiger partial charge in [0.05, 0.1) is 24.1 Å².